The van der Waals surface area contributed by atoms with Gasteiger partial charge in [0.15, 0.2) is 11.0 Å². The molecule has 1 heterocycles. The number of nitrogens with one attached hydrogen (secondary N) is 1. The van der Waals surface area contributed by atoms with Crippen LogP contribution in [0.2, 0.25) is 0 Å². The molecule has 5 nitrogen and oxygen atoms in total. The number of hydrogen-bond acceptors (Lipinski definition) is 4. The van der Waals surface area contributed by atoms with E-state index in [2.05, 4.69) is 31.4 Å². The van der Waals surface area contributed by atoms with E-state index in [-0.39, 0.29) is 11.7 Å². The van der Waals surface area contributed by atoms with Gasteiger partial charge in [-0.2, -0.15) is 0 Å². The van der Waals surface area contributed by atoms with Crippen molar-refractivity contribution in [2.75, 3.05) is 0 Å². The van der Waals surface area contributed by atoms with E-state index in [9.17, 15) is 9.18 Å². The van der Waals surface area contributed by atoms with Gasteiger partial charge in [0.1, 0.15) is 5.82 Å². The van der Waals surface area contributed by atoms with Gasteiger partial charge in [-0.1, -0.05) is 87.9 Å². The number of rotatable bonds is 9. The fraction of sp³-hybridized carbons (Fsp3) is 0.129. The largest absolute Gasteiger partial charge is 0.342 e. The van der Waals surface area contributed by atoms with Gasteiger partial charge in [-0.25, -0.2) is 4.39 Å². The molecule has 5 rings (SSSR count). The van der Waals surface area contributed by atoms with Crippen molar-refractivity contribution in [1.82, 2.24) is 20.1 Å². The highest BCUT2D eigenvalue weighted by atomic mass is 79.9. The Labute approximate surface area is 239 Å². The molecule has 1 aromatic heterocycles. The van der Waals surface area contributed by atoms with Crippen LogP contribution in [0.15, 0.2) is 113 Å². The molecule has 4 aromatic carbocycles. The first kappa shape index (κ1) is 26.8. The summed E-state index contributed by atoms with van der Waals surface area (Å²) in [4.78, 5) is 13.3. The first-order chi connectivity index (χ1) is 19.0. The third kappa shape index (κ3) is 6.82. The number of carbonyl (C=O) groups is 1. The molecule has 196 valence electrons. The standard InChI is InChI=1S/C31H26BrFN4OS/c1-21-7-17-27(18-8-21)37-29(35-36-31(37)39-20-23-9-15-26(33)16-10-23)28(19-22-5-3-2-4-6-22)34-30(38)24-11-13-25(32)14-12-24/h2-18,28H,19-20H2,1H3,(H,34,38). The summed E-state index contributed by atoms with van der Waals surface area (Å²) in [7, 11) is 0. The minimum absolute atomic E-state index is 0.192. The molecule has 0 aliphatic rings. The zero-order valence-corrected chi connectivity index (χ0v) is 23.6. The minimum atomic E-state index is -0.447. The van der Waals surface area contributed by atoms with Crippen LogP contribution in [0.5, 0.6) is 0 Å². The van der Waals surface area contributed by atoms with E-state index < -0.39 is 6.04 Å². The third-order valence-electron chi connectivity index (χ3n) is 6.24. The lowest BCUT2D eigenvalue weighted by atomic mass is 10.0. The van der Waals surface area contributed by atoms with Crippen molar-refractivity contribution in [3.63, 3.8) is 0 Å². The van der Waals surface area contributed by atoms with Gasteiger partial charge in [0.25, 0.3) is 5.91 Å². The van der Waals surface area contributed by atoms with Gasteiger partial charge in [0.2, 0.25) is 0 Å². The average molecular weight is 602 g/mol. The topological polar surface area (TPSA) is 59.8 Å². The van der Waals surface area contributed by atoms with Crippen LogP contribution in [0.4, 0.5) is 4.39 Å². The van der Waals surface area contributed by atoms with Crippen LogP contribution in [-0.4, -0.2) is 20.7 Å². The van der Waals surface area contributed by atoms with E-state index in [1.165, 1.54) is 23.9 Å². The molecule has 5 aromatic rings. The SMILES string of the molecule is Cc1ccc(-n2c(SCc3ccc(F)cc3)nnc2C(Cc2ccccc2)NC(=O)c2ccc(Br)cc2)cc1. The highest BCUT2D eigenvalue weighted by Gasteiger charge is 2.25. The lowest BCUT2D eigenvalue weighted by Crippen LogP contribution is -2.32. The number of halogens is 2. The van der Waals surface area contributed by atoms with Gasteiger partial charge in [0, 0.05) is 21.5 Å². The quantitative estimate of drug-likeness (QED) is 0.178. The monoisotopic (exact) mass is 600 g/mol. The molecule has 1 atom stereocenters. The molecular weight excluding hydrogens is 575 g/mol. The zero-order chi connectivity index (χ0) is 27.2. The Balaban J connectivity index is 1.53. The van der Waals surface area contributed by atoms with Gasteiger partial charge in [-0.15, -0.1) is 10.2 Å². The molecule has 0 spiro atoms. The van der Waals surface area contributed by atoms with Crippen molar-refractivity contribution in [1.29, 1.82) is 0 Å². The third-order valence-corrected chi connectivity index (χ3v) is 7.77. The predicted octanol–water partition coefficient (Wildman–Crippen LogP) is 7.48. The molecule has 0 bridgehead atoms. The summed E-state index contributed by atoms with van der Waals surface area (Å²) in [5.74, 6) is 0.773. The van der Waals surface area contributed by atoms with Crippen LogP contribution < -0.4 is 5.32 Å². The van der Waals surface area contributed by atoms with Crippen LogP contribution in [0, 0.1) is 12.7 Å². The fourth-order valence-electron chi connectivity index (χ4n) is 4.16. The van der Waals surface area contributed by atoms with E-state index in [4.69, 9.17) is 0 Å². The summed E-state index contributed by atoms with van der Waals surface area (Å²) in [6, 6.07) is 31.4. The van der Waals surface area contributed by atoms with Gasteiger partial charge in [-0.3, -0.25) is 9.36 Å². The van der Waals surface area contributed by atoms with Gasteiger partial charge in [0.05, 0.1) is 6.04 Å². The second-order valence-electron chi connectivity index (χ2n) is 9.15. The molecular formula is C31H26BrFN4OS. The maximum absolute atomic E-state index is 13.4. The first-order valence-corrected chi connectivity index (χ1v) is 14.2. The number of carbonyl (C=O) groups excluding carboxylic acids is 1. The molecule has 0 aliphatic carbocycles. The normalized spacial score (nSPS) is 11.8. The number of thioether (sulfide) groups is 1. The summed E-state index contributed by atoms with van der Waals surface area (Å²) >= 11 is 4.95. The molecule has 0 saturated carbocycles. The highest BCUT2D eigenvalue weighted by Crippen LogP contribution is 2.29. The van der Waals surface area contributed by atoms with Gasteiger partial charge in [-0.05, 0) is 73.0 Å². The lowest BCUT2D eigenvalue weighted by molar-refractivity contribution is 0.0934. The Morgan fingerprint density at radius 1 is 0.897 bits per heavy atom. The van der Waals surface area contributed by atoms with E-state index >= 15 is 0 Å². The van der Waals surface area contributed by atoms with Crippen molar-refractivity contribution < 1.29 is 9.18 Å². The zero-order valence-electron chi connectivity index (χ0n) is 21.2. The molecule has 0 aliphatic heterocycles. The molecule has 8 heteroatoms. The smallest absolute Gasteiger partial charge is 0.251 e. The van der Waals surface area contributed by atoms with Crippen molar-refractivity contribution in [2.45, 2.75) is 30.3 Å². The predicted molar refractivity (Wildman–Crippen MR) is 157 cm³/mol. The second kappa shape index (κ2) is 12.4. The molecule has 39 heavy (non-hydrogen) atoms. The number of nitrogens with zero attached hydrogens (tertiary/aromatic N) is 3. The number of amides is 1. The number of hydrogen-bond donors (Lipinski definition) is 1. The van der Waals surface area contributed by atoms with Crippen LogP contribution in [-0.2, 0) is 12.2 Å². The Morgan fingerprint density at radius 3 is 2.28 bits per heavy atom. The summed E-state index contributed by atoms with van der Waals surface area (Å²) in [5.41, 5.74) is 4.64. The minimum Gasteiger partial charge on any atom is -0.342 e. The van der Waals surface area contributed by atoms with Crippen LogP contribution in [0.25, 0.3) is 5.69 Å². The Bertz CT molecular complexity index is 1540. The van der Waals surface area contributed by atoms with Crippen LogP contribution in [0.3, 0.4) is 0 Å². The molecule has 0 radical (unpaired) electrons. The van der Waals surface area contributed by atoms with E-state index in [1.807, 2.05) is 78.2 Å². The van der Waals surface area contributed by atoms with E-state index in [1.54, 1.807) is 24.3 Å². The van der Waals surface area contributed by atoms with Gasteiger partial charge < -0.3 is 5.32 Å². The molecule has 0 saturated heterocycles. The fourth-order valence-corrected chi connectivity index (χ4v) is 5.34. The lowest BCUT2D eigenvalue weighted by Gasteiger charge is -2.20. The molecule has 0 fully saturated rings. The average Bonchev–Trinajstić information content (AvgIpc) is 3.37. The number of aryl methyl sites for hydroxylation is 1. The second-order valence-corrected chi connectivity index (χ2v) is 11.0. The Morgan fingerprint density at radius 2 is 1.59 bits per heavy atom. The molecule has 1 amide bonds. The maximum atomic E-state index is 13.4. The van der Waals surface area contributed by atoms with Crippen molar-refractivity contribution in [2.24, 2.45) is 0 Å². The van der Waals surface area contributed by atoms with E-state index in [0.717, 1.165) is 26.9 Å². The summed E-state index contributed by atoms with van der Waals surface area (Å²) < 4.78 is 16.3. The maximum Gasteiger partial charge on any atom is 0.251 e. The van der Waals surface area contributed by atoms with Crippen molar-refractivity contribution in [3.8, 4) is 5.69 Å². The van der Waals surface area contributed by atoms with Gasteiger partial charge >= 0.3 is 0 Å². The summed E-state index contributed by atoms with van der Waals surface area (Å²) in [5, 5.41) is 13.0. The van der Waals surface area contributed by atoms with E-state index in [0.29, 0.717) is 28.7 Å². The Kier molecular flexibility index (Phi) is 8.54. The van der Waals surface area contributed by atoms with Crippen molar-refractivity contribution in [3.05, 3.63) is 141 Å². The molecule has 1 N–H and O–H groups in total. The van der Waals surface area contributed by atoms with Crippen LogP contribution in [0.1, 0.15) is 38.9 Å². The number of benzene rings is 4. The number of aromatic nitrogens is 3. The first-order valence-electron chi connectivity index (χ1n) is 12.5. The summed E-state index contributed by atoms with van der Waals surface area (Å²) in [6.45, 7) is 2.04. The van der Waals surface area contributed by atoms with Crippen molar-refractivity contribution >= 4 is 33.6 Å². The highest BCUT2D eigenvalue weighted by molar-refractivity contribution is 9.10. The Hall–Kier alpha value is -3.75. The van der Waals surface area contributed by atoms with Crippen LogP contribution >= 0.6 is 27.7 Å². The summed E-state index contributed by atoms with van der Waals surface area (Å²) in [6.07, 6.45) is 0.537. The molecule has 1 unspecified atom stereocenters.